The van der Waals surface area contributed by atoms with Crippen LogP contribution in [0.25, 0.3) is 0 Å². The van der Waals surface area contributed by atoms with Crippen LogP contribution in [0.2, 0.25) is 5.02 Å². The maximum Gasteiger partial charge on any atom is 0.227 e. The maximum atomic E-state index is 13.9. The van der Waals surface area contributed by atoms with Crippen molar-refractivity contribution in [3.05, 3.63) is 64.9 Å². The Kier molecular flexibility index (Phi) is 8.93. The lowest BCUT2D eigenvalue weighted by Crippen LogP contribution is -2.62. The van der Waals surface area contributed by atoms with E-state index in [4.69, 9.17) is 11.6 Å². The molecule has 8 nitrogen and oxygen atoms in total. The van der Waals surface area contributed by atoms with E-state index in [0.29, 0.717) is 24.7 Å². The van der Waals surface area contributed by atoms with E-state index in [9.17, 15) is 13.2 Å². The molecule has 0 bridgehead atoms. The van der Waals surface area contributed by atoms with Crippen molar-refractivity contribution < 1.29 is 13.2 Å². The first-order valence-electron chi connectivity index (χ1n) is 14.1. The molecule has 0 radical (unpaired) electrons. The molecule has 3 heterocycles. The molecule has 2 atom stereocenters. The van der Waals surface area contributed by atoms with Crippen LogP contribution < -0.4 is 5.32 Å². The third-order valence-corrected chi connectivity index (χ3v) is 10.4. The van der Waals surface area contributed by atoms with Crippen molar-refractivity contribution in [3.63, 3.8) is 0 Å². The minimum Gasteiger partial charge on any atom is -0.340 e. The average molecular weight is 574 g/mol. The molecule has 2 aromatic rings. The summed E-state index contributed by atoms with van der Waals surface area (Å²) >= 11 is 6.10. The molecular weight excluding hydrogens is 534 g/mol. The number of rotatable bonds is 8. The molecule has 5 rings (SSSR count). The lowest BCUT2D eigenvalue weighted by atomic mass is 9.79. The van der Waals surface area contributed by atoms with Crippen molar-refractivity contribution in [2.45, 2.75) is 50.1 Å². The third kappa shape index (κ3) is 6.65. The van der Waals surface area contributed by atoms with Crippen LogP contribution in [0, 0.1) is 5.92 Å². The van der Waals surface area contributed by atoms with Crippen LogP contribution in [-0.2, 0) is 21.4 Å². The molecule has 1 saturated carbocycles. The Hall–Kier alpha value is -2.04. The lowest BCUT2D eigenvalue weighted by Gasteiger charge is -2.50. The summed E-state index contributed by atoms with van der Waals surface area (Å²) in [5.41, 5.74) is 2.32. The number of aromatic nitrogens is 1. The summed E-state index contributed by atoms with van der Waals surface area (Å²) in [6.45, 7) is 5.35. The van der Waals surface area contributed by atoms with E-state index in [1.165, 1.54) is 48.2 Å². The Morgan fingerprint density at radius 1 is 1.00 bits per heavy atom. The van der Waals surface area contributed by atoms with Crippen LogP contribution in [0.15, 0.2) is 48.8 Å². The fourth-order valence-electron chi connectivity index (χ4n) is 6.73. The van der Waals surface area contributed by atoms with Crippen molar-refractivity contribution in [1.82, 2.24) is 24.4 Å². The standard InChI is InChI=1S/C29H40ClN5O3S/c1-39(37,38)35-20-26(24-5-7-25(30)8-6-24)27(21-35)28(36)33-15-17-34(18-16-33)29(11-3-2-4-12-29)22-32-19-23-9-13-31-14-10-23/h5-10,13-14,26-27,32H,2-4,11-12,15-22H2,1H3/t26-,27+/m1/s1. The minimum atomic E-state index is -3.39. The molecule has 2 aliphatic heterocycles. The summed E-state index contributed by atoms with van der Waals surface area (Å²) in [6, 6.07) is 11.6. The Morgan fingerprint density at radius 3 is 2.31 bits per heavy atom. The van der Waals surface area contributed by atoms with E-state index >= 15 is 0 Å². The molecule has 3 fully saturated rings. The summed E-state index contributed by atoms with van der Waals surface area (Å²) in [5.74, 6) is -0.503. The zero-order valence-electron chi connectivity index (χ0n) is 22.8. The number of amides is 1. The van der Waals surface area contributed by atoms with Crippen LogP contribution in [0.4, 0.5) is 0 Å². The molecule has 10 heteroatoms. The lowest BCUT2D eigenvalue weighted by molar-refractivity contribution is -0.138. The molecule has 1 aliphatic carbocycles. The van der Waals surface area contributed by atoms with E-state index in [0.717, 1.165) is 31.7 Å². The number of sulfonamides is 1. The van der Waals surface area contributed by atoms with Gasteiger partial charge in [0.1, 0.15) is 0 Å². The molecule has 3 aliphatic rings. The van der Waals surface area contributed by atoms with E-state index in [1.54, 1.807) is 0 Å². The molecular formula is C29H40ClN5O3S. The number of carbonyl (C=O) groups is 1. The largest absolute Gasteiger partial charge is 0.340 e. The predicted octanol–water partition coefficient (Wildman–Crippen LogP) is 3.35. The summed E-state index contributed by atoms with van der Waals surface area (Å²) in [6.07, 6.45) is 11.0. The summed E-state index contributed by atoms with van der Waals surface area (Å²) in [7, 11) is -3.39. The van der Waals surface area contributed by atoms with Crippen LogP contribution in [0.3, 0.4) is 0 Å². The summed E-state index contributed by atoms with van der Waals surface area (Å²) in [4.78, 5) is 22.6. The highest BCUT2D eigenvalue weighted by Gasteiger charge is 2.45. The van der Waals surface area contributed by atoms with Gasteiger partial charge in [0, 0.05) is 81.2 Å². The van der Waals surface area contributed by atoms with Gasteiger partial charge in [0.05, 0.1) is 12.2 Å². The average Bonchev–Trinajstić information content (AvgIpc) is 3.41. The second-order valence-electron chi connectivity index (χ2n) is 11.4. The van der Waals surface area contributed by atoms with Crippen LogP contribution in [0.5, 0.6) is 0 Å². The fraction of sp³-hybridized carbons (Fsp3) is 0.586. The number of halogens is 1. The normalized spacial score (nSPS) is 24.6. The van der Waals surface area contributed by atoms with Crippen molar-refractivity contribution in [2.75, 3.05) is 52.1 Å². The van der Waals surface area contributed by atoms with Crippen LogP contribution in [0.1, 0.15) is 49.1 Å². The maximum absolute atomic E-state index is 13.9. The van der Waals surface area contributed by atoms with Gasteiger partial charge in [-0.05, 0) is 48.2 Å². The van der Waals surface area contributed by atoms with Crippen LogP contribution in [-0.4, -0.2) is 91.0 Å². The first-order valence-corrected chi connectivity index (χ1v) is 16.3. The van der Waals surface area contributed by atoms with Crippen molar-refractivity contribution in [1.29, 1.82) is 0 Å². The molecule has 1 aromatic carbocycles. The molecule has 0 spiro atoms. The quantitative estimate of drug-likeness (QED) is 0.521. The monoisotopic (exact) mass is 573 g/mol. The fourth-order valence-corrected chi connectivity index (χ4v) is 7.72. The Labute approximate surface area is 237 Å². The number of piperazine rings is 1. The van der Waals surface area contributed by atoms with E-state index < -0.39 is 15.9 Å². The molecule has 1 amide bonds. The zero-order valence-corrected chi connectivity index (χ0v) is 24.3. The topological polar surface area (TPSA) is 85.9 Å². The molecule has 1 N–H and O–H groups in total. The molecule has 212 valence electrons. The van der Waals surface area contributed by atoms with E-state index in [-0.39, 0.29) is 23.9 Å². The Morgan fingerprint density at radius 2 is 1.67 bits per heavy atom. The summed E-state index contributed by atoms with van der Waals surface area (Å²) in [5, 5.41) is 4.34. The van der Waals surface area contributed by atoms with Gasteiger partial charge < -0.3 is 10.2 Å². The molecule has 0 unspecified atom stereocenters. The number of hydrogen-bond acceptors (Lipinski definition) is 6. The van der Waals surface area contributed by atoms with Gasteiger partial charge >= 0.3 is 0 Å². The Balaban J connectivity index is 1.24. The van der Waals surface area contributed by atoms with E-state index in [2.05, 4.69) is 27.3 Å². The SMILES string of the molecule is CS(=O)(=O)N1C[C@H](C(=O)N2CCN(C3(CNCc4ccncc4)CCCCC3)CC2)[C@@H](c2ccc(Cl)cc2)C1. The number of benzene rings is 1. The molecule has 1 aromatic heterocycles. The van der Waals surface area contributed by atoms with Crippen molar-refractivity contribution >= 4 is 27.5 Å². The van der Waals surface area contributed by atoms with E-state index in [1.807, 2.05) is 41.6 Å². The summed E-state index contributed by atoms with van der Waals surface area (Å²) < 4.78 is 26.3. The first kappa shape index (κ1) is 28.5. The van der Waals surface area contributed by atoms with Gasteiger partial charge in [-0.25, -0.2) is 12.7 Å². The van der Waals surface area contributed by atoms with Gasteiger partial charge in [-0.1, -0.05) is 43.0 Å². The van der Waals surface area contributed by atoms with Crippen molar-refractivity contribution in [3.8, 4) is 0 Å². The van der Waals surface area contributed by atoms with Gasteiger partial charge in [-0.3, -0.25) is 14.7 Å². The highest BCUT2D eigenvalue weighted by atomic mass is 35.5. The number of pyridine rings is 1. The Bertz CT molecular complexity index is 1210. The third-order valence-electron chi connectivity index (χ3n) is 8.95. The highest BCUT2D eigenvalue weighted by Crippen LogP contribution is 2.37. The van der Waals surface area contributed by atoms with Gasteiger partial charge in [0.2, 0.25) is 15.9 Å². The van der Waals surface area contributed by atoms with Gasteiger partial charge in [-0.15, -0.1) is 0 Å². The van der Waals surface area contributed by atoms with Gasteiger partial charge in [0.25, 0.3) is 0 Å². The highest BCUT2D eigenvalue weighted by molar-refractivity contribution is 7.88. The number of hydrogen-bond donors (Lipinski definition) is 1. The molecule has 39 heavy (non-hydrogen) atoms. The van der Waals surface area contributed by atoms with Crippen LogP contribution >= 0.6 is 11.6 Å². The zero-order chi connectivity index (χ0) is 27.5. The number of carbonyl (C=O) groups excluding carboxylic acids is 1. The van der Waals surface area contributed by atoms with Crippen molar-refractivity contribution in [2.24, 2.45) is 5.92 Å². The number of nitrogens with zero attached hydrogens (tertiary/aromatic N) is 4. The smallest absolute Gasteiger partial charge is 0.227 e. The van der Waals surface area contributed by atoms with Gasteiger partial charge in [0.15, 0.2) is 0 Å². The molecule has 2 saturated heterocycles. The second kappa shape index (κ2) is 12.2. The number of nitrogens with one attached hydrogen (secondary N) is 1. The first-order chi connectivity index (χ1) is 18.7. The predicted molar refractivity (Wildman–Crippen MR) is 154 cm³/mol. The van der Waals surface area contributed by atoms with Gasteiger partial charge in [-0.2, -0.15) is 0 Å². The second-order valence-corrected chi connectivity index (χ2v) is 13.8. The minimum absolute atomic E-state index is 0.0641.